The van der Waals surface area contributed by atoms with Gasteiger partial charge in [0.2, 0.25) is 5.91 Å². The number of likely N-dealkylation sites (tertiary alicyclic amines) is 1. The molecule has 1 fully saturated rings. The summed E-state index contributed by atoms with van der Waals surface area (Å²) < 4.78 is 0. The van der Waals surface area contributed by atoms with Crippen LogP contribution >= 0.6 is 0 Å². The largest absolute Gasteiger partial charge is 0.340 e. The fraction of sp³-hybridized carbons (Fsp3) is 0.350. The van der Waals surface area contributed by atoms with Gasteiger partial charge in [-0.15, -0.1) is 0 Å². The molecule has 0 unspecified atom stereocenters. The van der Waals surface area contributed by atoms with E-state index in [0.29, 0.717) is 6.42 Å². The van der Waals surface area contributed by atoms with Gasteiger partial charge in [0.25, 0.3) is 0 Å². The Balaban J connectivity index is 1.50. The highest BCUT2D eigenvalue weighted by Gasteiger charge is 2.31. The lowest BCUT2D eigenvalue weighted by molar-refractivity contribution is -0.132. The molecule has 128 valence electrons. The highest BCUT2D eigenvalue weighted by molar-refractivity contribution is 5.78. The third-order valence-electron chi connectivity index (χ3n) is 4.89. The van der Waals surface area contributed by atoms with Gasteiger partial charge in [-0.05, 0) is 55.5 Å². The highest BCUT2D eigenvalue weighted by atomic mass is 16.2. The van der Waals surface area contributed by atoms with Crippen LogP contribution in [0.1, 0.15) is 42.3 Å². The van der Waals surface area contributed by atoms with Crippen LogP contribution in [0.2, 0.25) is 0 Å². The van der Waals surface area contributed by atoms with E-state index in [9.17, 15) is 4.79 Å². The summed E-state index contributed by atoms with van der Waals surface area (Å²) in [6.45, 7) is 2.89. The molecule has 25 heavy (non-hydrogen) atoms. The number of benzene rings is 1. The van der Waals surface area contributed by atoms with Crippen LogP contribution in [0.4, 0.5) is 0 Å². The van der Waals surface area contributed by atoms with E-state index in [1.165, 1.54) is 5.56 Å². The number of aromatic amines is 1. The molecule has 1 amide bonds. The van der Waals surface area contributed by atoms with Crippen LogP contribution in [0.3, 0.4) is 0 Å². The lowest BCUT2D eigenvalue weighted by Gasteiger charge is -2.23. The Morgan fingerprint density at radius 2 is 2.28 bits per heavy atom. The van der Waals surface area contributed by atoms with Crippen molar-refractivity contribution in [2.24, 2.45) is 0 Å². The van der Waals surface area contributed by atoms with Gasteiger partial charge >= 0.3 is 0 Å². The molecular weight excluding hydrogens is 312 g/mol. The Hall–Kier alpha value is -2.69. The number of aryl methyl sites for hydroxylation is 2. The number of pyridine rings is 1. The topological polar surface area (TPSA) is 61.9 Å². The molecular formula is C20H22N4O. The second-order valence-corrected chi connectivity index (χ2v) is 6.75. The molecule has 2 aromatic heterocycles. The number of nitrogens with zero attached hydrogens (tertiary/aromatic N) is 3. The molecule has 1 aliphatic heterocycles. The average Bonchev–Trinajstić information content (AvgIpc) is 3.26. The number of hydrogen-bond donors (Lipinski definition) is 1. The van der Waals surface area contributed by atoms with Gasteiger partial charge < -0.3 is 9.88 Å². The molecule has 3 heterocycles. The summed E-state index contributed by atoms with van der Waals surface area (Å²) in [5, 5.41) is 0. The number of imidazole rings is 1. The van der Waals surface area contributed by atoms with Gasteiger partial charge in [0.15, 0.2) is 0 Å². The molecule has 5 nitrogen and oxygen atoms in total. The van der Waals surface area contributed by atoms with E-state index in [1.54, 1.807) is 6.20 Å². The molecule has 1 saturated heterocycles. The minimum absolute atomic E-state index is 0.0640. The maximum absolute atomic E-state index is 12.7. The highest BCUT2D eigenvalue weighted by Crippen LogP contribution is 2.32. The van der Waals surface area contributed by atoms with E-state index in [2.05, 4.69) is 29.0 Å². The van der Waals surface area contributed by atoms with E-state index >= 15 is 0 Å². The molecule has 1 N–H and O–H groups in total. The van der Waals surface area contributed by atoms with Crippen LogP contribution in [0.25, 0.3) is 11.0 Å². The average molecular weight is 334 g/mol. The number of fused-ring (bicyclic) bond motifs is 1. The van der Waals surface area contributed by atoms with E-state index in [-0.39, 0.29) is 11.9 Å². The number of aromatic nitrogens is 3. The number of amides is 1. The predicted molar refractivity (Wildman–Crippen MR) is 97.1 cm³/mol. The lowest BCUT2D eigenvalue weighted by atomic mass is 10.1. The smallest absolute Gasteiger partial charge is 0.223 e. The fourth-order valence-corrected chi connectivity index (χ4v) is 3.59. The van der Waals surface area contributed by atoms with Crippen molar-refractivity contribution < 1.29 is 4.79 Å². The standard InChI is InChI=1S/C20H22N4O/c1-14-6-8-16-17(12-14)23-20(22-16)18-5-3-11-24(18)19(25)9-7-15-4-2-10-21-13-15/h2,4,6,8,10,12-13,18H,3,5,7,9,11H2,1H3,(H,22,23)/t18-/m0/s1. The first-order chi connectivity index (χ1) is 12.2. The van der Waals surface area contributed by atoms with Gasteiger partial charge in [-0.1, -0.05) is 12.1 Å². The summed E-state index contributed by atoms with van der Waals surface area (Å²) in [6.07, 6.45) is 6.83. The Bertz CT molecular complexity index is 887. The first-order valence-electron chi connectivity index (χ1n) is 8.85. The summed E-state index contributed by atoms with van der Waals surface area (Å²) in [5.41, 5.74) is 4.32. The second-order valence-electron chi connectivity index (χ2n) is 6.75. The first-order valence-corrected chi connectivity index (χ1v) is 8.85. The fourth-order valence-electron chi connectivity index (χ4n) is 3.59. The van der Waals surface area contributed by atoms with Gasteiger partial charge in [0.05, 0.1) is 17.1 Å². The van der Waals surface area contributed by atoms with Crippen molar-refractivity contribution in [2.45, 2.75) is 38.6 Å². The minimum atomic E-state index is 0.0640. The molecule has 1 aliphatic rings. The summed E-state index contributed by atoms with van der Waals surface area (Å²) in [7, 11) is 0. The first kappa shape index (κ1) is 15.8. The number of rotatable bonds is 4. The monoisotopic (exact) mass is 334 g/mol. The molecule has 0 spiro atoms. The predicted octanol–water partition coefficient (Wildman–Crippen LogP) is 3.56. The maximum atomic E-state index is 12.7. The van der Waals surface area contributed by atoms with E-state index < -0.39 is 0 Å². The Labute approximate surface area is 147 Å². The normalized spacial score (nSPS) is 17.3. The zero-order valence-electron chi connectivity index (χ0n) is 14.4. The third-order valence-corrected chi connectivity index (χ3v) is 4.89. The number of carbonyl (C=O) groups excluding carboxylic acids is 1. The van der Waals surface area contributed by atoms with E-state index in [4.69, 9.17) is 4.98 Å². The summed E-state index contributed by atoms with van der Waals surface area (Å²) in [4.78, 5) is 27.0. The van der Waals surface area contributed by atoms with Crippen molar-refractivity contribution in [3.05, 3.63) is 59.7 Å². The number of carbonyl (C=O) groups is 1. The SMILES string of the molecule is Cc1ccc2nc([C@@H]3CCCN3C(=O)CCc3cccnc3)[nH]c2c1. The molecule has 1 aromatic carbocycles. The van der Waals surface area contributed by atoms with Gasteiger partial charge in [0, 0.05) is 25.4 Å². The molecule has 0 bridgehead atoms. The second kappa shape index (κ2) is 6.67. The van der Waals surface area contributed by atoms with Gasteiger partial charge in [0.1, 0.15) is 5.82 Å². The third kappa shape index (κ3) is 3.27. The minimum Gasteiger partial charge on any atom is -0.340 e. The van der Waals surface area contributed by atoms with Gasteiger partial charge in [-0.2, -0.15) is 0 Å². The summed E-state index contributed by atoms with van der Waals surface area (Å²) in [5.74, 6) is 1.11. The van der Waals surface area contributed by atoms with Crippen LogP contribution in [-0.4, -0.2) is 32.3 Å². The van der Waals surface area contributed by atoms with Crippen LogP contribution in [-0.2, 0) is 11.2 Å². The van der Waals surface area contributed by atoms with Crippen LogP contribution in [0.15, 0.2) is 42.7 Å². The number of hydrogen-bond acceptors (Lipinski definition) is 3. The van der Waals surface area contributed by atoms with Crippen LogP contribution in [0, 0.1) is 6.92 Å². The molecule has 0 radical (unpaired) electrons. The maximum Gasteiger partial charge on any atom is 0.223 e. The number of H-pyrrole nitrogens is 1. The Morgan fingerprint density at radius 1 is 1.36 bits per heavy atom. The molecule has 1 atom stereocenters. The molecule has 0 saturated carbocycles. The zero-order valence-corrected chi connectivity index (χ0v) is 14.4. The Kier molecular flexibility index (Phi) is 4.22. The van der Waals surface area contributed by atoms with Crippen molar-refractivity contribution in [1.82, 2.24) is 19.9 Å². The molecule has 4 rings (SSSR count). The van der Waals surface area contributed by atoms with Gasteiger partial charge in [-0.3, -0.25) is 9.78 Å². The van der Waals surface area contributed by atoms with Crippen molar-refractivity contribution >= 4 is 16.9 Å². The van der Waals surface area contributed by atoms with Crippen molar-refractivity contribution in [1.29, 1.82) is 0 Å². The lowest BCUT2D eigenvalue weighted by Crippen LogP contribution is -2.31. The quantitative estimate of drug-likeness (QED) is 0.793. The summed E-state index contributed by atoms with van der Waals surface area (Å²) in [6, 6.07) is 10.2. The number of nitrogens with one attached hydrogen (secondary N) is 1. The molecule has 3 aromatic rings. The van der Waals surface area contributed by atoms with Crippen molar-refractivity contribution in [2.75, 3.05) is 6.54 Å². The van der Waals surface area contributed by atoms with Crippen LogP contribution in [0.5, 0.6) is 0 Å². The molecule has 0 aliphatic carbocycles. The van der Waals surface area contributed by atoms with Crippen LogP contribution < -0.4 is 0 Å². The Morgan fingerprint density at radius 3 is 3.12 bits per heavy atom. The molecule has 5 heteroatoms. The zero-order chi connectivity index (χ0) is 17.2. The summed E-state index contributed by atoms with van der Waals surface area (Å²) >= 11 is 0. The van der Waals surface area contributed by atoms with E-state index in [1.807, 2.05) is 29.3 Å². The van der Waals surface area contributed by atoms with Crippen molar-refractivity contribution in [3.63, 3.8) is 0 Å². The van der Waals surface area contributed by atoms with Crippen molar-refractivity contribution in [3.8, 4) is 0 Å². The van der Waals surface area contributed by atoms with E-state index in [0.717, 1.165) is 48.2 Å². The van der Waals surface area contributed by atoms with Gasteiger partial charge in [-0.25, -0.2) is 4.98 Å².